The van der Waals surface area contributed by atoms with Gasteiger partial charge >= 0.3 is 0 Å². The molecule has 1 aliphatic heterocycles. The molecule has 2 aromatic rings. The Morgan fingerprint density at radius 3 is 2.66 bits per heavy atom. The number of amides is 3. The van der Waals surface area contributed by atoms with Crippen LogP contribution in [0.25, 0.3) is 0 Å². The minimum atomic E-state index is -0.712. The largest absolute Gasteiger partial charge is 0.350 e. The number of carbonyl (C=O) groups excluding carboxylic acids is 3. The van der Waals surface area contributed by atoms with E-state index in [1.54, 1.807) is 35.2 Å². The number of nitrogens with one attached hydrogen (secondary N) is 2. The monoisotopic (exact) mass is 459 g/mol. The van der Waals surface area contributed by atoms with Gasteiger partial charge in [0, 0.05) is 22.6 Å². The van der Waals surface area contributed by atoms with E-state index in [1.165, 1.54) is 12.1 Å². The minimum Gasteiger partial charge on any atom is -0.350 e. The van der Waals surface area contributed by atoms with E-state index in [1.807, 2.05) is 0 Å². The van der Waals surface area contributed by atoms with E-state index in [0.717, 1.165) is 12.8 Å². The molecule has 0 radical (unpaired) electrons. The predicted octanol–water partition coefficient (Wildman–Crippen LogP) is 2.68. The molecule has 0 aromatic heterocycles. The quantitative estimate of drug-likeness (QED) is 0.696. The lowest BCUT2D eigenvalue weighted by Gasteiger charge is -2.24. The molecule has 0 saturated heterocycles. The molecule has 29 heavy (non-hydrogen) atoms. The van der Waals surface area contributed by atoms with Crippen LogP contribution in [-0.4, -0.2) is 35.2 Å². The molecule has 8 heteroatoms. The third-order valence-corrected chi connectivity index (χ3v) is 5.87. The molecular formula is C21H19BrFN3O3. The average molecular weight is 460 g/mol. The first-order valence-electron chi connectivity index (χ1n) is 9.35. The summed E-state index contributed by atoms with van der Waals surface area (Å²) in [7, 11) is 0. The van der Waals surface area contributed by atoms with Crippen molar-refractivity contribution in [2.24, 2.45) is 0 Å². The Morgan fingerprint density at radius 1 is 1.14 bits per heavy atom. The fraction of sp³-hybridized carbons (Fsp3) is 0.286. The van der Waals surface area contributed by atoms with Gasteiger partial charge in [0.25, 0.3) is 5.91 Å². The van der Waals surface area contributed by atoms with Crippen LogP contribution in [0.1, 0.15) is 40.4 Å². The number of carbonyl (C=O) groups is 3. The zero-order valence-electron chi connectivity index (χ0n) is 15.5. The van der Waals surface area contributed by atoms with Crippen LogP contribution in [0, 0.1) is 5.82 Å². The first-order chi connectivity index (χ1) is 14.0. The van der Waals surface area contributed by atoms with Crippen molar-refractivity contribution in [3.63, 3.8) is 0 Å². The summed E-state index contributed by atoms with van der Waals surface area (Å²) in [6.45, 7) is -0.0941. The number of benzene rings is 2. The van der Waals surface area contributed by atoms with Crippen molar-refractivity contribution in [3.8, 4) is 0 Å². The van der Waals surface area contributed by atoms with Crippen molar-refractivity contribution >= 4 is 33.7 Å². The molecular weight excluding hydrogens is 441 g/mol. The Labute approximate surface area is 175 Å². The fourth-order valence-electron chi connectivity index (χ4n) is 3.53. The van der Waals surface area contributed by atoms with Crippen molar-refractivity contribution in [1.82, 2.24) is 15.5 Å². The van der Waals surface area contributed by atoms with Gasteiger partial charge in [0.05, 0.1) is 6.54 Å². The summed E-state index contributed by atoms with van der Waals surface area (Å²) in [6, 6.07) is 10.7. The Kier molecular flexibility index (Phi) is 5.36. The van der Waals surface area contributed by atoms with Crippen LogP contribution in [0.5, 0.6) is 0 Å². The topological polar surface area (TPSA) is 78.5 Å². The molecule has 1 saturated carbocycles. The lowest BCUT2D eigenvalue weighted by Crippen LogP contribution is -2.43. The maximum Gasteiger partial charge on any atom is 0.255 e. The molecule has 6 nitrogen and oxygen atoms in total. The normalized spacial score (nSPS) is 17.8. The van der Waals surface area contributed by atoms with Gasteiger partial charge in [0.1, 0.15) is 11.9 Å². The van der Waals surface area contributed by atoms with Gasteiger partial charge in [-0.1, -0.05) is 34.1 Å². The molecule has 1 heterocycles. The van der Waals surface area contributed by atoms with E-state index in [4.69, 9.17) is 0 Å². The van der Waals surface area contributed by atoms with Crippen molar-refractivity contribution in [1.29, 1.82) is 0 Å². The summed E-state index contributed by atoms with van der Waals surface area (Å²) < 4.78 is 14.0. The predicted molar refractivity (Wildman–Crippen MR) is 107 cm³/mol. The lowest BCUT2D eigenvalue weighted by atomic mass is 10.0. The fourth-order valence-corrected chi connectivity index (χ4v) is 3.92. The number of hydrogen-bond acceptors (Lipinski definition) is 3. The SMILES string of the molecule is O=C(CNC(=O)C1c2ccccc2C(=O)N1C1CC1)NCc1cc(F)ccc1Br. The molecule has 2 N–H and O–H groups in total. The first kappa shape index (κ1) is 19.6. The maximum absolute atomic E-state index is 13.3. The molecule has 1 unspecified atom stereocenters. The highest BCUT2D eigenvalue weighted by atomic mass is 79.9. The number of rotatable bonds is 6. The second kappa shape index (κ2) is 7.94. The third-order valence-electron chi connectivity index (χ3n) is 5.09. The molecule has 2 aliphatic rings. The van der Waals surface area contributed by atoms with Crippen molar-refractivity contribution < 1.29 is 18.8 Å². The Morgan fingerprint density at radius 2 is 1.90 bits per heavy atom. The van der Waals surface area contributed by atoms with Crippen LogP contribution in [-0.2, 0) is 16.1 Å². The molecule has 3 amide bonds. The molecule has 0 spiro atoms. The number of halogens is 2. The molecule has 150 valence electrons. The Hall–Kier alpha value is -2.74. The van der Waals surface area contributed by atoms with E-state index in [0.29, 0.717) is 21.2 Å². The van der Waals surface area contributed by atoms with Crippen LogP contribution in [0.15, 0.2) is 46.9 Å². The molecule has 1 fully saturated rings. The maximum atomic E-state index is 13.3. The van der Waals surface area contributed by atoms with E-state index >= 15 is 0 Å². The summed E-state index contributed by atoms with van der Waals surface area (Å²) in [4.78, 5) is 39.3. The first-order valence-corrected chi connectivity index (χ1v) is 10.1. The molecule has 1 atom stereocenters. The van der Waals surface area contributed by atoms with Crippen molar-refractivity contribution in [2.45, 2.75) is 31.5 Å². The van der Waals surface area contributed by atoms with Crippen LogP contribution in [0.4, 0.5) is 4.39 Å². The Bertz CT molecular complexity index is 993. The second-order valence-electron chi connectivity index (χ2n) is 7.16. The van der Waals surface area contributed by atoms with Gasteiger partial charge in [-0.05, 0) is 48.2 Å². The highest BCUT2D eigenvalue weighted by molar-refractivity contribution is 9.10. The summed E-state index contributed by atoms with van der Waals surface area (Å²) in [5.74, 6) is -1.30. The van der Waals surface area contributed by atoms with Crippen LogP contribution in [0.2, 0.25) is 0 Å². The van der Waals surface area contributed by atoms with Gasteiger partial charge in [-0.3, -0.25) is 14.4 Å². The zero-order chi connectivity index (χ0) is 20.5. The minimum absolute atomic E-state index is 0.0739. The van der Waals surface area contributed by atoms with Gasteiger partial charge in [-0.25, -0.2) is 4.39 Å². The molecule has 1 aliphatic carbocycles. The van der Waals surface area contributed by atoms with Gasteiger partial charge in [-0.2, -0.15) is 0 Å². The third kappa shape index (κ3) is 4.03. The van der Waals surface area contributed by atoms with Crippen LogP contribution >= 0.6 is 15.9 Å². The molecule has 0 bridgehead atoms. The highest BCUT2D eigenvalue weighted by Gasteiger charge is 2.47. The van der Waals surface area contributed by atoms with Gasteiger partial charge in [0.2, 0.25) is 11.8 Å². The summed E-state index contributed by atoms with van der Waals surface area (Å²) in [5, 5.41) is 5.29. The van der Waals surface area contributed by atoms with Gasteiger partial charge < -0.3 is 15.5 Å². The molecule has 4 rings (SSSR count). The highest BCUT2D eigenvalue weighted by Crippen LogP contribution is 2.41. The lowest BCUT2D eigenvalue weighted by molar-refractivity contribution is -0.129. The number of nitrogens with zero attached hydrogens (tertiary/aromatic N) is 1. The standard InChI is InChI=1S/C21H19BrFN3O3/c22-17-8-5-13(23)9-12(17)10-24-18(27)11-25-20(28)19-15-3-1-2-4-16(15)21(29)26(19)14-6-7-14/h1-5,8-9,14,19H,6-7,10-11H2,(H,24,27)(H,25,28). The summed E-state index contributed by atoms with van der Waals surface area (Å²) in [6.07, 6.45) is 1.76. The van der Waals surface area contributed by atoms with Crippen molar-refractivity contribution in [3.05, 3.63) is 69.4 Å². The summed E-state index contributed by atoms with van der Waals surface area (Å²) in [5.41, 5.74) is 1.81. The summed E-state index contributed by atoms with van der Waals surface area (Å²) >= 11 is 3.31. The van der Waals surface area contributed by atoms with Gasteiger partial charge in [0.15, 0.2) is 0 Å². The zero-order valence-corrected chi connectivity index (χ0v) is 17.0. The van der Waals surface area contributed by atoms with E-state index in [-0.39, 0.29) is 30.9 Å². The van der Waals surface area contributed by atoms with Crippen LogP contribution in [0.3, 0.4) is 0 Å². The number of fused-ring (bicyclic) bond motifs is 1. The van der Waals surface area contributed by atoms with Crippen LogP contribution < -0.4 is 10.6 Å². The van der Waals surface area contributed by atoms with Crippen molar-refractivity contribution in [2.75, 3.05) is 6.54 Å². The van der Waals surface area contributed by atoms with E-state index in [2.05, 4.69) is 26.6 Å². The Balaban J connectivity index is 1.38. The number of hydrogen-bond donors (Lipinski definition) is 2. The second-order valence-corrected chi connectivity index (χ2v) is 8.02. The smallest absolute Gasteiger partial charge is 0.255 e. The average Bonchev–Trinajstić information content (AvgIpc) is 3.51. The molecule has 2 aromatic carbocycles. The van der Waals surface area contributed by atoms with E-state index < -0.39 is 17.8 Å². The van der Waals surface area contributed by atoms with E-state index in [9.17, 15) is 18.8 Å². The van der Waals surface area contributed by atoms with Gasteiger partial charge in [-0.15, -0.1) is 0 Å².